The maximum absolute atomic E-state index is 12.7. The molecule has 0 aliphatic carbocycles. The van der Waals surface area contributed by atoms with Crippen LogP contribution in [0.5, 0.6) is 0 Å². The molecule has 2 amide bonds. The van der Waals surface area contributed by atoms with E-state index in [1.165, 1.54) is 0 Å². The van der Waals surface area contributed by atoms with Crippen LogP contribution >= 0.6 is 0 Å². The Balaban J connectivity index is 1.32. The number of anilines is 1. The smallest absolute Gasteiger partial charge is 0.257 e. The van der Waals surface area contributed by atoms with E-state index in [1.807, 2.05) is 34.8 Å². The average Bonchev–Trinajstić information content (AvgIpc) is 3.34. The van der Waals surface area contributed by atoms with Crippen LogP contribution in [-0.4, -0.2) is 75.8 Å². The summed E-state index contributed by atoms with van der Waals surface area (Å²) >= 11 is 0. The average molecular weight is 427 g/mol. The Hall–Kier alpha value is -2.94. The Kier molecular flexibility index (Phi) is 6.50. The van der Waals surface area contributed by atoms with E-state index in [-0.39, 0.29) is 29.6 Å². The van der Waals surface area contributed by atoms with Crippen molar-refractivity contribution in [3.8, 4) is 0 Å². The van der Waals surface area contributed by atoms with E-state index in [2.05, 4.69) is 10.1 Å². The molecule has 31 heavy (non-hydrogen) atoms. The zero-order chi connectivity index (χ0) is 21.8. The van der Waals surface area contributed by atoms with Gasteiger partial charge in [0.15, 0.2) is 0 Å². The number of amides is 2. The summed E-state index contributed by atoms with van der Waals surface area (Å²) in [4.78, 5) is 33.6. The standard InChI is InChI=1S/C22H30N6O3/c1-16(28-8-2-7-24-28)15-20(29)26-9-5-17(6-10-26)19-4-3-18(21(23)25-19)22(30)27-11-13-31-14-12-27/h2-4,7-8,16-17H,5-6,9-15H2,1H3,(H2,23,25). The maximum Gasteiger partial charge on any atom is 0.257 e. The maximum atomic E-state index is 12.7. The molecule has 2 fully saturated rings. The van der Waals surface area contributed by atoms with Crippen molar-refractivity contribution in [2.24, 2.45) is 0 Å². The van der Waals surface area contributed by atoms with Crippen molar-refractivity contribution in [2.45, 2.75) is 38.1 Å². The molecule has 0 saturated carbocycles. The quantitative estimate of drug-likeness (QED) is 0.780. The van der Waals surface area contributed by atoms with Gasteiger partial charge in [-0.2, -0.15) is 5.10 Å². The van der Waals surface area contributed by atoms with E-state index in [1.54, 1.807) is 17.2 Å². The Morgan fingerprint density at radius 2 is 1.90 bits per heavy atom. The predicted molar refractivity (Wildman–Crippen MR) is 115 cm³/mol. The van der Waals surface area contributed by atoms with Gasteiger partial charge >= 0.3 is 0 Å². The summed E-state index contributed by atoms with van der Waals surface area (Å²) in [5.41, 5.74) is 7.50. The number of nitrogen functional groups attached to an aromatic ring is 1. The minimum Gasteiger partial charge on any atom is -0.383 e. The molecule has 4 rings (SSSR count). The fourth-order valence-electron chi connectivity index (χ4n) is 4.28. The second-order valence-corrected chi connectivity index (χ2v) is 8.27. The van der Waals surface area contributed by atoms with Crippen molar-refractivity contribution in [2.75, 3.05) is 45.1 Å². The largest absolute Gasteiger partial charge is 0.383 e. The number of aromatic nitrogens is 3. The first-order chi connectivity index (χ1) is 15.0. The zero-order valence-electron chi connectivity index (χ0n) is 17.9. The summed E-state index contributed by atoms with van der Waals surface area (Å²) in [5, 5.41) is 4.22. The molecule has 9 nitrogen and oxygen atoms in total. The lowest BCUT2D eigenvalue weighted by molar-refractivity contribution is -0.133. The molecule has 2 N–H and O–H groups in total. The van der Waals surface area contributed by atoms with Gasteiger partial charge in [-0.25, -0.2) is 4.98 Å². The van der Waals surface area contributed by atoms with Crippen LogP contribution in [0.15, 0.2) is 30.6 Å². The third kappa shape index (κ3) is 4.87. The number of likely N-dealkylation sites (tertiary alicyclic amines) is 1. The molecule has 2 aromatic rings. The monoisotopic (exact) mass is 426 g/mol. The van der Waals surface area contributed by atoms with E-state index in [9.17, 15) is 9.59 Å². The Morgan fingerprint density at radius 1 is 1.16 bits per heavy atom. The van der Waals surface area contributed by atoms with E-state index >= 15 is 0 Å². The van der Waals surface area contributed by atoms with Crippen LogP contribution in [0.4, 0.5) is 5.82 Å². The van der Waals surface area contributed by atoms with Crippen molar-refractivity contribution < 1.29 is 14.3 Å². The van der Waals surface area contributed by atoms with Crippen molar-refractivity contribution in [3.05, 3.63) is 41.9 Å². The van der Waals surface area contributed by atoms with Crippen LogP contribution < -0.4 is 5.73 Å². The molecule has 9 heteroatoms. The lowest BCUT2D eigenvalue weighted by Crippen LogP contribution is -2.41. The molecular formula is C22H30N6O3. The number of ether oxygens (including phenoxy) is 1. The number of rotatable bonds is 5. The van der Waals surface area contributed by atoms with Crippen molar-refractivity contribution in [3.63, 3.8) is 0 Å². The lowest BCUT2D eigenvalue weighted by Gasteiger charge is -2.32. The van der Waals surface area contributed by atoms with Gasteiger partial charge in [0.25, 0.3) is 5.91 Å². The molecule has 166 valence electrons. The van der Waals surface area contributed by atoms with Crippen LogP contribution in [0.25, 0.3) is 0 Å². The van der Waals surface area contributed by atoms with Gasteiger partial charge in [-0.3, -0.25) is 14.3 Å². The number of nitrogens with zero attached hydrogens (tertiary/aromatic N) is 5. The second kappa shape index (κ2) is 9.47. The van der Waals surface area contributed by atoms with Crippen LogP contribution in [-0.2, 0) is 9.53 Å². The zero-order valence-corrected chi connectivity index (χ0v) is 17.9. The fraction of sp³-hybridized carbons (Fsp3) is 0.545. The van der Waals surface area contributed by atoms with Crippen LogP contribution in [0.3, 0.4) is 0 Å². The summed E-state index contributed by atoms with van der Waals surface area (Å²) in [7, 11) is 0. The molecule has 4 heterocycles. The fourth-order valence-corrected chi connectivity index (χ4v) is 4.28. The van der Waals surface area contributed by atoms with E-state index in [0.717, 1.165) is 18.5 Å². The molecule has 2 saturated heterocycles. The van der Waals surface area contributed by atoms with Gasteiger partial charge in [-0.15, -0.1) is 0 Å². The summed E-state index contributed by atoms with van der Waals surface area (Å²) in [6.07, 6.45) is 5.73. The first-order valence-corrected chi connectivity index (χ1v) is 10.9. The number of nitrogens with two attached hydrogens (primary N) is 1. The highest BCUT2D eigenvalue weighted by molar-refractivity contribution is 5.98. The third-order valence-corrected chi connectivity index (χ3v) is 6.19. The van der Waals surface area contributed by atoms with Crippen LogP contribution in [0, 0.1) is 0 Å². The Labute approximate surface area is 182 Å². The number of piperidine rings is 1. The van der Waals surface area contributed by atoms with Gasteiger partial charge in [0.2, 0.25) is 5.91 Å². The number of morpholine rings is 1. The van der Waals surface area contributed by atoms with Gasteiger partial charge in [0.1, 0.15) is 5.82 Å². The molecule has 0 aromatic carbocycles. The highest BCUT2D eigenvalue weighted by Gasteiger charge is 2.27. The normalized spacial score (nSPS) is 18.7. The molecule has 0 bridgehead atoms. The summed E-state index contributed by atoms with van der Waals surface area (Å²) in [6.45, 7) is 5.66. The molecule has 2 aliphatic rings. The molecule has 0 spiro atoms. The molecule has 0 radical (unpaired) electrons. The molecule has 1 atom stereocenters. The number of pyridine rings is 1. The Bertz CT molecular complexity index is 902. The van der Waals surface area contributed by atoms with Gasteiger partial charge in [-0.05, 0) is 38.0 Å². The highest BCUT2D eigenvalue weighted by Crippen LogP contribution is 2.29. The number of hydrogen-bond donors (Lipinski definition) is 1. The molecule has 2 aliphatic heterocycles. The van der Waals surface area contributed by atoms with Crippen LogP contribution in [0.1, 0.15) is 54.2 Å². The topological polar surface area (TPSA) is 107 Å². The third-order valence-electron chi connectivity index (χ3n) is 6.19. The van der Waals surface area contributed by atoms with Crippen molar-refractivity contribution in [1.29, 1.82) is 0 Å². The molecule has 1 unspecified atom stereocenters. The first-order valence-electron chi connectivity index (χ1n) is 10.9. The van der Waals surface area contributed by atoms with Gasteiger partial charge in [-0.1, -0.05) is 0 Å². The second-order valence-electron chi connectivity index (χ2n) is 8.27. The number of carbonyl (C=O) groups is 2. The predicted octanol–water partition coefficient (Wildman–Crippen LogP) is 1.69. The lowest BCUT2D eigenvalue weighted by atomic mass is 9.92. The summed E-state index contributed by atoms with van der Waals surface area (Å²) < 4.78 is 7.12. The van der Waals surface area contributed by atoms with Crippen molar-refractivity contribution >= 4 is 17.6 Å². The first kappa shape index (κ1) is 21.3. The van der Waals surface area contributed by atoms with E-state index in [4.69, 9.17) is 10.5 Å². The number of hydrogen-bond acceptors (Lipinski definition) is 6. The van der Waals surface area contributed by atoms with Gasteiger partial charge < -0.3 is 20.3 Å². The van der Waals surface area contributed by atoms with Crippen LogP contribution in [0.2, 0.25) is 0 Å². The molecule has 2 aromatic heterocycles. The van der Waals surface area contributed by atoms with E-state index < -0.39 is 0 Å². The minimum absolute atomic E-state index is 0.0400. The summed E-state index contributed by atoms with van der Waals surface area (Å²) in [6, 6.07) is 5.61. The Morgan fingerprint density at radius 3 is 2.55 bits per heavy atom. The minimum atomic E-state index is -0.0911. The van der Waals surface area contributed by atoms with Gasteiger partial charge in [0, 0.05) is 56.6 Å². The van der Waals surface area contributed by atoms with Crippen molar-refractivity contribution in [1.82, 2.24) is 24.6 Å². The van der Waals surface area contributed by atoms with Gasteiger partial charge in [0.05, 0.1) is 24.8 Å². The SMILES string of the molecule is CC(CC(=O)N1CCC(c2ccc(C(=O)N3CCOCC3)c(N)n2)CC1)n1cccn1. The summed E-state index contributed by atoms with van der Waals surface area (Å²) in [5.74, 6) is 0.579. The highest BCUT2D eigenvalue weighted by atomic mass is 16.5. The van der Waals surface area contributed by atoms with E-state index in [0.29, 0.717) is 51.4 Å². The molecular weight excluding hydrogens is 396 g/mol. The number of carbonyl (C=O) groups excluding carboxylic acids is 2.